The molecule has 6 rings (SSSR count). The number of hydrogen-bond donors (Lipinski definition) is 4. The summed E-state index contributed by atoms with van der Waals surface area (Å²) in [5.74, 6) is -3.49. The number of carbonyl (C=O) groups is 5. The zero-order chi connectivity index (χ0) is 49.2. The Labute approximate surface area is 393 Å². The first-order chi connectivity index (χ1) is 30.1. The zero-order valence-corrected chi connectivity index (χ0v) is 42.6. The van der Waals surface area contributed by atoms with E-state index < -0.39 is 29.7 Å². The van der Waals surface area contributed by atoms with Gasteiger partial charge in [0.2, 0.25) is 0 Å². The van der Waals surface area contributed by atoms with Crippen molar-refractivity contribution in [1.82, 2.24) is 21.3 Å². The Morgan fingerprint density at radius 2 is 0.621 bits per heavy atom. The van der Waals surface area contributed by atoms with Crippen LogP contribution in [-0.4, -0.2) is 100 Å². The maximum Gasteiger partial charge on any atom is 0.339 e. The molecule has 4 saturated heterocycles. The summed E-state index contributed by atoms with van der Waals surface area (Å²) in [5, 5.41) is 14.4. The van der Waals surface area contributed by atoms with Crippen molar-refractivity contribution in [3.63, 3.8) is 0 Å². The highest BCUT2D eigenvalue weighted by atomic mass is 16.5. The maximum atomic E-state index is 14.5. The van der Waals surface area contributed by atoms with Crippen molar-refractivity contribution in [3.05, 3.63) is 69.8 Å². The lowest BCUT2D eigenvalue weighted by atomic mass is 9.88. The van der Waals surface area contributed by atoms with Gasteiger partial charge in [-0.3, -0.25) is 4.79 Å². The summed E-state index contributed by atoms with van der Waals surface area (Å²) in [6.45, 7) is 33.9. The minimum absolute atomic E-state index is 0.0150. The van der Waals surface area contributed by atoms with E-state index in [1.54, 1.807) is 0 Å². The lowest BCUT2D eigenvalue weighted by molar-refractivity contribution is 0.0353. The highest BCUT2D eigenvalue weighted by Crippen LogP contribution is 2.39. The quantitative estimate of drug-likeness (QED) is 0.0813. The molecule has 4 N–H and O–H groups in total. The van der Waals surface area contributed by atoms with Crippen LogP contribution in [0.2, 0.25) is 0 Å². The molecule has 0 bridgehead atoms. The second-order valence-corrected chi connectivity index (χ2v) is 24.8. The average Bonchev–Trinajstić information content (AvgIpc) is 3.73. The largest absolute Gasteiger partial charge is 0.462 e. The summed E-state index contributed by atoms with van der Waals surface area (Å²) >= 11 is 0. The molecule has 13 heteroatoms. The Morgan fingerprint density at radius 1 is 0.394 bits per heavy atom. The third-order valence-corrected chi connectivity index (χ3v) is 14.9. The van der Waals surface area contributed by atoms with Crippen molar-refractivity contribution in [3.8, 4) is 0 Å². The van der Waals surface area contributed by atoms with Crippen molar-refractivity contribution >= 4 is 29.7 Å². The van der Waals surface area contributed by atoms with Crippen LogP contribution in [0.3, 0.4) is 0 Å². The third kappa shape index (κ3) is 11.6. The Kier molecular flexibility index (Phi) is 13.8. The van der Waals surface area contributed by atoms with Gasteiger partial charge in [-0.25, -0.2) is 19.2 Å². The SMILES string of the molecule is CC1(C)CC(COC(=O)c2ccc(C(=O)c3ccc(C(=O)OCC4CC(C)(C)NC4(C)C)c(C(=O)OCC4CC(C)(C)NC4(C)C)c3)cc2C(=O)OCC2CC(C)(C)NC2(C)C)C(C)(C)N1. The fourth-order valence-corrected chi connectivity index (χ4v) is 11.9. The predicted molar refractivity (Wildman–Crippen MR) is 255 cm³/mol. The summed E-state index contributed by atoms with van der Waals surface area (Å²) in [6, 6.07) is 8.45. The second kappa shape index (κ2) is 17.7. The van der Waals surface area contributed by atoms with Crippen LogP contribution in [0.25, 0.3) is 0 Å². The van der Waals surface area contributed by atoms with Gasteiger partial charge < -0.3 is 40.2 Å². The van der Waals surface area contributed by atoms with Gasteiger partial charge in [-0.15, -0.1) is 0 Å². The molecule has 4 aliphatic rings. The monoisotopic (exact) mass is 915 g/mol. The van der Waals surface area contributed by atoms with Crippen LogP contribution in [0.15, 0.2) is 36.4 Å². The molecular formula is C53H78N4O9. The summed E-state index contributed by atoms with van der Waals surface area (Å²) in [6.07, 6.45) is 3.09. The molecule has 4 aliphatic heterocycles. The Morgan fingerprint density at radius 3 is 0.833 bits per heavy atom. The Bertz CT molecular complexity index is 2080. The molecule has 4 unspecified atom stereocenters. The van der Waals surface area contributed by atoms with Crippen molar-refractivity contribution < 1.29 is 42.9 Å². The first kappa shape index (κ1) is 51.2. The van der Waals surface area contributed by atoms with E-state index in [0.717, 1.165) is 25.7 Å². The van der Waals surface area contributed by atoms with Crippen LogP contribution in [0.4, 0.5) is 0 Å². The molecule has 4 fully saturated rings. The maximum absolute atomic E-state index is 14.5. The molecule has 0 aliphatic carbocycles. The molecule has 2 aromatic carbocycles. The first-order valence-electron chi connectivity index (χ1n) is 23.8. The van der Waals surface area contributed by atoms with Crippen LogP contribution in [0, 0.1) is 23.7 Å². The van der Waals surface area contributed by atoms with E-state index in [0.29, 0.717) is 0 Å². The summed E-state index contributed by atoms with van der Waals surface area (Å²) in [5.41, 5.74) is -1.99. The molecule has 66 heavy (non-hydrogen) atoms. The van der Waals surface area contributed by atoms with Crippen molar-refractivity contribution in [2.45, 2.75) is 181 Å². The van der Waals surface area contributed by atoms with Gasteiger partial charge in [0, 0.05) is 79.1 Å². The number of benzene rings is 2. The minimum atomic E-state index is -0.764. The number of ether oxygens (including phenoxy) is 4. The van der Waals surface area contributed by atoms with Gasteiger partial charge in [-0.1, -0.05) is 12.1 Å². The van der Waals surface area contributed by atoms with E-state index in [-0.39, 0.29) is 128 Å². The molecular weight excluding hydrogens is 837 g/mol. The van der Waals surface area contributed by atoms with Gasteiger partial charge in [0.05, 0.1) is 48.7 Å². The van der Waals surface area contributed by atoms with Crippen molar-refractivity contribution in [2.75, 3.05) is 26.4 Å². The zero-order valence-electron chi connectivity index (χ0n) is 42.6. The van der Waals surface area contributed by atoms with Gasteiger partial charge >= 0.3 is 23.9 Å². The summed E-state index contributed by atoms with van der Waals surface area (Å²) in [7, 11) is 0. The highest BCUT2D eigenvalue weighted by Gasteiger charge is 2.48. The standard InChI is InChI=1S/C53H78N4O9/c1-46(2)23-33(50(9,10)54-46)27-63-42(59)37-19-17-31(21-39(37)44(61)65-29-35-25-48(5,6)56-52(35,13)14)41(58)32-18-20-38(43(60)64-28-34-24-47(3,4)55-51(34,11)12)40(22-32)45(62)66-30-36-26-49(7,8)57-53(36,15)16/h17-22,33-36,54-57H,23-30H2,1-16H3. The first-order valence-corrected chi connectivity index (χ1v) is 23.8. The van der Waals surface area contributed by atoms with Gasteiger partial charge in [0.15, 0.2) is 5.78 Å². The fourth-order valence-electron chi connectivity index (χ4n) is 11.9. The van der Waals surface area contributed by atoms with Gasteiger partial charge in [-0.05, 0) is 161 Å². The normalized spacial score (nSPS) is 26.9. The van der Waals surface area contributed by atoms with Gasteiger partial charge in [0.25, 0.3) is 0 Å². The van der Waals surface area contributed by atoms with Gasteiger partial charge in [0.1, 0.15) is 0 Å². The molecule has 0 aromatic heterocycles. The Hall–Kier alpha value is -4.17. The number of rotatable bonds is 14. The lowest BCUT2D eigenvalue weighted by Crippen LogP contribution is -2.46. The second-order valence-electron chi connectivity index (χ2n) is 24.8. The van der Waals surface area contributed by atoms with Crippen LogP contribution < -0.4 is 21.3 Å². The van der Waals surface area contributed by atoms with E-state index in [9.17, 15) is 24.0 Å². The third-order valence-electron chi connectivity index (χ3n) is 14.9. The molecule has 13 nitrogen and oxygen atoms in total. The van der Waals surface area contributed by atoms with Crippen molar-refractivity contribution in [1.29, 1.82) is 0 Å². The molecule has 0 radical (unpaired) electrons. The van der Waals surface area contributed by atoms with E-state index in [2.05, 4.69) is 132 Å². The summed E-state index contributed by atoms with van der Waals surface area (Å²) in [4.78, 5) is 70.6. The molecule has 4 atom stereocenters. The van der Waals surface area contributed by atoms with Gasteiger partial charge in [-0.2, -0.15) is 0 Å². The smallest absolute Gasteiger partial charge is 0.339 e. The number of nitrogens with one attached hydrogen (secondary N) is 4. The van der Waals surface area contributed by atoms with Crippen molar-refractivity contribution in [2.24, 2.45) is 23.7 Å². The van der Waals surface area contributed by atoms with E-state index in [1.165, 1.54) is 36.4 Å². The van der Waals surface area contributed by atoms with Crippen LogP contribution >= 0.6 is 0 Å². The Balaban J connectivity index is 1.30. The van der Waals surface area contributed by atoms with Crippen LogP contribution in [0.1, 0.15) is 194 Å². The van der Waals surface area contributed by atoms with E-state index in [1.807, 2.05) is 0 Å². The molecule has 2 aromatic rings. The number of hydrogen-bond acceptors (Lipinski definition) is 13. The average molecular weight is 915 g/mol. The molecule has 0 amide bonds. The van der Waals surface area contributed by atoms with E-state index >= 15 is 0 Å². The van der Waals surface area contributed by atoms with Crippen LogP contribution in [-0.2, 0) is 18.9 Å². The fraction of sp³-hybridized carbons (Fsp3) is 0.679. The number of carbonyl (C=O) groups excluding carboxylic acids is 5. The highest BCUT2D eigenvalue weighted by molar-refractivity contribution is 6.13. The topological polar surface area (TPSA) is 170 Å². The lowest BCUT2D eigenvalue weighted by Gasteiger charge is -2.28. The molecule has 364 valence electrons. The molecule has 0 spiro atoms. The van der Waals surface area contributed by atoms with E-state index in [4.69, 9.17) is 18.9 Å². The summed E-state index contributed by atoms with van der Waals surface area (Å²) < 4.78 is 23.7. The molecule has 4 heterocycles. The van der Waals surface area contributed by atoms with Crippen LogP contribution in [0.5, 0.6) is 0 Å². The molecule has 0 saturated carbocycles. The minimum Gasteiger partial charge on any atom is -0.462 e. The number of esters is 4. The number of ketones is 1. The predicted octanol–water partition coefficient (Wildman–Crippen LogP) is 8.21.